The maximum absolute atomic E-state index is 10.7. The summed E-state index contributed by atoms with van der Waals surface area (Å²) in [7, 11) is 0. The van der Waals surface area contributed by atoms with Gasteiger partial charge >= 0.3 is 5.97 Å². The van der Waals surface area contributed by atoms with E-state index in [0.29, 0.717) is 17.9 Å². The van der Waals surface area contributed by atoms with Crippen LogP contribution >= 0.6 is 11.6 Å². The molecule has 0 saturated heterocycles. The van der Waals surface area contributed by atoms with Crippen LogP contribution < -0.4 is 15.2 Å². The Kier molecular flexibility index (Phi) is 5.64. The first-order chi connectivity index (χ1) is 11.4. The van der Waals surface area contributed by atoms with E-state index >= 15 is 0 Å². The third-order valence-corrected chi connectivity index (χ3v) is 3.12. The van der Waals surface area contributed by atoms with Crippen molar-refractivity contribution >= 4 is 29.7 Å². The number of aryl methyl sites for hydroxylation is 1. The number of rotatable bonds is 7. The van der Waals surface area contributed by atoms with Gasteiger partial charge in [-0.1, -0.05) is 11.6 Å². The number of carbonyl (C=O) groups is 1. The summed E-state index contributed by atoms with van der Waals surface area (Å²) in [6.45, 7) is 3.46. The van der Waals surface area contributed by atoms with E-state index in [9.17, 15) is 4.79 Å². The van der Waals surface area contributed by atoms with E-state index in [2.05, 4.69) is 10.1 Å². The lowest BCUT2D eigenvalue weighted by atomic mass is 10.2. The second-order valence-electron chi connectivity index (χ2n) is 4.78. The second-order valence-corrected chi connectivity index (χ2v) is 5.18. The zero-order valence-corrected chi connectivity index (χ0v) is 13.9. The minimum Gasteiger partial charge on any atom is -0.490 e. The standard InChI is InChI=1S/C15H17ClN4O4/c1-3-23-12-5-10(4-11(16)14(12)24-8-13(21)22)6-18-20-7-9(2)19-15(20)17/h4-7H,3,8H2,1-2H3,(H2,17,19)(H,21,22). The van der Waals surface area contributed by atoms with Gasteiger partial charge in [0.15, 0.2) is 18.1 Å². The molecule has 128 valence electrons. The number of carboxylic acid groups (broad SMARTS) is 1. The molecule has 0 unspecified atom stereocenters. The van der Waals surface area contributed by atoms with Crippen molar-refractivity contribution in [3.05, 3.63) is 34.6 Å². The monoisotopic (exact) mass is 352 g/mol. The number of imidazole rings is 1. The average Bonchev–Trinajstić information content (AvgIpc) is 2.82. The summed E-state index contributed by atoms with van der Waals surface area (Å²) < 4.78 is 12.1. The Morgan fingerprint density at radius 2 is 2.25 bits per heavy atom. The van der Waals surface area contributed by atoms with Crippen molar-refractivity contribution < 1.29 is 19.4 Å². The van der Waals surface area contributed by atoms with Crippen LogP contribution in [0.25, 0.3) is 0 Å². The van der Waals surface area contributed by atoms with Crippen LogP contribution in [0.15, 0.2) is 23.4 Å². The van der Waals surface area contributed by atoms with E-state index in [-0.39, 0.29) is 16.7 Å². The number of carboxylic acids is 1. The Morgan fingerprint density at radius 1 is 1.50 bits per heavy atom. The van der Waals surface area contributed by atoms with Gasteiger partial charge in [-0.15, -0.1) is 0 Å². The molecular weight excluding hydrogens is 336 g/mol. The minimum absolute atomic E-state index is 0.177. The molecule has 0 spiro atoms. The lowest BCUT2D eigenvalue weighted by molar-refractivity contribution is -0.139. The van der Waals surface area contributed by atoms with Gasteiger partial charge in [-0.25, -0.2) is 14.5 Å². The van der Waals surface area contributed by atoms with Crippen molar-refractivity contribution in [3.8, 4) is 11.5 Å². The lowest BCUT2D eigenvalue weighted by Gasteiger charge is -2.13. The van der Waals surface area contributed by atoms with Gasteiger partial charge in [-0.05, 0) is 31.5 Å². The molecule has 0 aliphatic heterocycles. The number of ether oxygens (including phenoxy) is 2. The largest absolute Gasteiger partial charge is 0.490 e. The highest BCUT2D eigenvalue weighted by atomic mass is 35.5. The van der Waals surface area contributed by atoms with E-state index in [4.69, 9.17) is 31.9 Å². The van der Waals surface area contributed by atoms with Crippen molar-refractivity contribution in [2.24, 2.45) is 5.10 Å². The Labute approximate surface area is 143 Å². The fraction of sp³-hybridized carbons (Fsp3) is 0.267. The highest BCUT2D eigenvalue weighted by Crippen LogP contribution is 2.36. The molecule has 0 fully saturated rings. The maximum atomic E-state index is 10.7. The molecule has 2 aromatic rings. The third-order valence-electron chi connectivity index (χ3n) is 2.84. The van der Waals surface area contributed by atoms with Crippen LogP contribution in [0.1, 0.15) is 18.2 Å². The number of aromatic nitrogens is 2. The van der Waals surface area contributed by atoms with E-state index in [0.717, 1.165) is 5.69 Å². The van der Waals surface area contributed by atoms with Crippen LogP contribution in [-0.4, -0.2) is 40.2 Å². The molecule has 1 aromatic heterocycles. The molecule has 9 heteroatoms. The van der Waals surface area contributed by atoms with Crippen molar-refractivity contribution in [1.29, 1.82) is 0 Å². The molecule has 0 radical (unpaired) electrons. The molecule has 0 aliphatic rings. The number of benzene rings is 1. The summed E-state index contributed by atoms with van der Waals surface area (Å²) in [6.07, 6.45) is 3.22. The molecule has 0 bridgehead atoms. The quantitative estimate of drug-likeness (QED) is 0.738. The number of halogens is 1. The SMILES string of the molecule is CCOc1cc(C=Nn2cc(C)nc2N)cc(Cl)c1OCC(=O)O. The van der Waals surface area contributed by atoms with Gasteiger partial charge < -0.3 is 20.3 Å². The molecule has 8 nitrogen and oxygen atoms in total. The zero-order chi connectivity index (χ0) is 17.7. The van der Waals surface area contributed by atoms with Crippen LogP contribution in [0.3, 0.4) is 0 Å². The van der Waals surface area contributed by atoms with E-state index in [1.807, 2.05) is 0 Å². The van der Waals surface area contributed by atoms with Crippen LogP contribution in [0, 0.1) is 6.92 Å². The fourth-order valence-electron chi connectivity index (χ4n) is 1.92. The van der Waals surface area contributed by atoms with E-state index in [1.54, 1.807) is 32.2 Å². The molecule has 2 rings (SSSR count). The predicted molar refractivity (Wildman–Crippen MR) is 90.1 cm³/mol. The molecule has 0 saturated carbocycles. The highest BCUT2D eigenvalue weighted by Gasteiger charge is 2.13. The summed E-state index contributed by atoms with van der Waals surface area (Å²) >= 11 is 6.17. The molecule has 1 heterocycles. The minimum atomic E-state index is -1.11. The number of aliphatic carboxylic acids is 1. The summed E-state index contributed by atoms with van der Waals surface area (Å²) in [6, 6.07) is 3.24. The van der Waals surface area contributed by atoms with Crippen molar-refractivity contribution in [1.82, 2.24) is 9.66 Å². The lowest BCUT2D eigenvalue weighted by Crippen LogP contribution is -2.11. The second kappa shape index (κ2) is 7.69. The number of anilines is 1. The summed E-state index contributed by atoms with van der Waals surface area (Å²) in [5, 5.41) is 13.1. The van der Waals surface area contributed by atoms with Crippen LogP contribution in [0.2, 0.25) is 5.02 Å². The fourth-order valence-corrected chi connectivity index (χ4v) is 2.20. The maximum Gasteiger partial charge on any atom is 0.341 e. The normalized spacial score (nSPS) is 11.0. The molecule has 24 heavy (non-hydrogen) atoms. The third kappa shape index (κ3) is 4.39. The van der Waals surface area contributed by atoms with Gasteiger partial charge in [0.25, 0.3) is 0 Å². The molecule has 0 atom stereocenters. The summed E-state index contributed by atoms with van der Waals surface area (Å²) in [5.41, 5.74) is 7.10. The van der Waals surface area contributed by atoms with Gasteiger partial charge in [-0.3, -0.25) is 0 Å². The average molecular weight is 353 g/mol. The van der Waals surface area contributed by atoms with E-state index < -0.39 is 12.6 Å². The van der Waals surface area contributed by atoms with Gasteiger partial charge in [-0.2, -0.15) is 5.10 Å². The van der Waals surface area contributed by atoms with Crippen molar-refractivity contribution in [2.45, 2.75) is 13.8 Å². The van der Waals surface area contributed by atoms with Crippen LogP contribution in [0.5, 0.6) is 11.5 Å². The van der Waals surface area contributed by atoms with Crippen LogP contribution in [-0.2, 0) is 4.79 Å². The number of nitrogens with zero attached hydrogens (tertiary/aromatic N) is 3. The zero-order valence-electron chi connectivity index (χ0n) is 13.2. The molecule has 1 aromatic carbocycles. The molecule has 0 aliphatic carbocycles. The first-order valence-electron chi connectivity index (χ1n) is 7.07. The van der Waals surface area contributed by atoms with Gasteiger partial charge in [0.1, 0.15) is 0 Å². The van der Waals surface area contributed by atoms with Gasteiger partial charge in [0.05, 0.1) is 29.7 Å². The van der Waals surface area contributed by atoms with Crippen LogP contribution in [0.4, 0.5) is 5.95 Å². The Hall–Kier alpha value is -2.74. The van der Waals surface area contributed by atoms with Gasteiger partial charge in [0.2, 0.25) is 5.95 Å². The highest BCUT2D eigenvalue weighted by molar-refractivity contribution is 6.32. The topological polar surface area (TPSA) is 112 Å². The number of hydrogen-bond acceptors (Lipinski definition) is 6. The Morgan fingerprint density at radius 3 is 2.83 bits per heavy atom. The molecular formula is C15H17ClN4O4. The number of nitrogen functional groups attached to an aromatic ring is 1. The molecule has 0 amide bonds. The first-order valence-corrected chi connectivity index (χ1v) is 7.45. The first kappa shape index (κ1) is 17.6. The smallest absolute Gasteiger partial charge is 0.341 e. The number of hydrogen-bond donors (Lipinski definition) is 2. The Balaban J connectivity index is 2.31. The summed E-state index contributed by atoms with van der Waals surface area (Å²) in [4.78, 5) is 14.7. The van der Waals surface area contributed by atoms with E-state index in [1.165, 1.54) is 10.9 Å². The number of nitrogens with two attached hydrogens (primary N) is 1. The molecule has 3 N–H and O–H groups in total. The van der Waals surface area contributed by atoms with Crippen molar-refractivity contribution in [3.63, 3.8) is 0 Å². The Bertz CT molecular complexity index is 773. The summed E-state index contributed by atoms with van der Waals surface area (Å²) in [5.74, 6) is -0.329. The van der Waals surface area contributed by atoms with Crippen molar-refractivity contribution in [2.75, 3.05) is 18.9 Å². The predicted octanol–water partition coefficient (Wildman–Crippen LogP) is 2.17. The van der Waals surface area contributed by atoms with Gasteiger partial charge in [0, 0.05) is 0 Å².